The highest BCUT2D eigenvalue weighted by molar-refractivity contribution is 6.25. The zero-order valence-corrected chi connectivity index (χ0v) is 3.29. The van der Waals surface area contributed by atoms with Crippen molar-refractivity contribution in [1.29, 1.82) is 0 Å². The first kappa shape index (κ1) is 4.59. The molecule has 0 fully saturated rings. The Hall–Kier alpha value is -0.410. The predicted molar refractivity (Wildman–Crippen MR) is 22.1 cm³/mol. The molecule has 0 spiro atoms. The summed E-state index contributed by atoms with van der Waals surface area (Å²) in [5.74, 6) is 1.95. The van der Waals surface area contributed by atoms with Crippen LogP contribution < -0.4 is 0 Å². The van der Waals surface area contributed by atoms with Gasteiger partial charge in [0.25, 0.3) is 0 Å². The number of rotatable bonds is 0. The first-order valence-electron chi connectivity index (χ1n) is 1.09. The molecule has 0 aromatic rings. The Morgan fingerprint density at radius 2 is 2.40 bits per heavy atom. The van der Waals surface area contributed by atoms with E-state index in [0.717, 1.165) is 0 Å². The van der Waals surface area contributed by atoms with Gasteiger partial charge in [0, 0.05) is 11.6 Å². The van der Waals surface area contributed by atoms with E-state index in [0.29, 0.717) is 0 Å². The van der Waals surface area contributed by atoms with Gasteiger partial charge >= 0.3 is 0 Å². The van der Waals surface area contributed by atoms with Gasteiger partial charge in [-0.2, -0.15) is 0 Å². The Bertz CT molecular complexity index is 66.2. The van der Waals surface area contributed by atoms with Gasteiger partial charge in [0.05, 0.1) is 0 Å². The highest BCUT2D eigenvalue weighted by atomic mass is 35.5. The molecular weight excluding hydrogens is 83.5 g/mol. The highest BCUT2D eigenvalue weighted by Gasteiger charge is 1.44. The second-order valence-corrected chi connectivity index (χ2v) is 0.689. The SMILES string of the molecule is [C]#C/C=C/Cl. The highest BCUT2D eigenvalue weighted by Crippen LogP contribution is 1.71. The van der Waals surface area contributed by atoms with E-state index in [1.165, 1.54) is 11.6 Å². The van der Waals surface area contributed by atoms with Gasteiger partial charge in [0.2, 0.25) is 0 Å². The van der Waals surface area contributed by atoms with E-state index in [1.54, 1.807) is 0 Å². The molecule has 0 saturated carbocycles. The first-order valence-corrected chi connectivity index (χ1v) is 1.53. The second-order valence-electron chi connectivity index (χ2n) is 0.437. The Morgan fingerprint density at radius 3 is 2.40 bits per heavy atom. The summed E-state index contributed by atoms with van der Waals surface area (Å²) < 4.78 is 0. The Kier molecular flexibility index (Phi) is 3.30. The number of halogens is 1. The maximum atomic E-state index is 6.18. The number of hydrogen-bond acceptors (Lipinski definition) is 0. The van der Waals surface area contributed by atoms with Crippen LogP contribution in [0.4, 0.5) is 0 Å². The Balaban J connectivity index is 3.04. The van der Waals surface area contributed by atoms with E-state index >= 15 is 0 Å². The van der Waals surface area contributed by atoms with Crippen LogP contribution in [0.25, 0.3) is 0 Å². The maximum Gasteiger partial charge on any atom is 0.0126 e. The molecule has 0 saturated heterocycles. The fraction of sp³-hybridized carbons (Fsp3) is 0. The second kappa shape index (κ2) is 3.59. The Labute approximate surface area is 36.4 Å². The van der Waals surface area contributed by atoms with Crippen LogP contribution in [-0.2, 0) is 0 Å². The van der Waals surface area contributed by atoms with Crippen LogP contribution in [0.15, 0.2) is 11.6 Å². The average Bonchev–Trinajstić information content (AvgIpc) is 1.41. The molecule has 0 rings (SSSR count). The minimum atomic E-state index is 1.23. The van der Waals surface area contributed by atoms with Crippen molar-refractivity contribution in [2.24, 2.45) is 0 Å². The van der Waals surface area contributed by atoms with Gasteiger partial charge in [0.1, 0.15) is 0 Å². The molecule has 0 aliphatic heterocycles. The van der Waals surface area contributed by atoms with Crippen LogP contribution in [0.3, 0.4) is 0 Å². The Morgan fingerprint density at radius 1 is 1.80 bits per heavy atom. The first-order chi connectivity index (χ1) is 2.41. The van der Waals surface area contributed by atoms with Crippen LogP contribution in [0.1, 0.15) is 0 Å². The van der Waals surface area contributed by atoms with Gasteiger partial charge in [-0.05, 0) is 6.42 Å². The van der Waals surface area contributed by atoms with E-state index in [-0.39, 0.29) is 0 Å². The van der Waals surface area contributed by atoms with Gasteiger partial charge in [-0.1, -0.05) is 17.5 Å². The van der Waals surface area contributed by atoms with Crippen LogP contribution in [-0.4, -0.2) is 0 Å². The van der Waals surface area contributed by atoms with Crippen molar-refractivity contribution in [1.82, 2.24) is 0 Å². The van der Waals surface area contributed by atoms with Crippen molar-refractivity contribution in [3.63, 3.8) is 0 Å². The lowest BCUT2D eigenvalue weighted by molar-refractivity contribution is 2.25. The van der Waals surface area contributed by atoms with Crippen molar-refractivity contribution >= 4 is 11.6 Å². The van der Waals surface area contributed by atoms with Crippen LogP contribution in [0, 0.1) is 12.3 Å². The molecule has 0 aliphatic rings. The standard InChI is InChI=1S/C4H2Cl/c1-2-3-4-5/h3-4H/b4-3+. The third-order valence-electron chi connectivity index (χ3n) is 0.146. The quantitative estimate of drug-likeness (QED) is 0.389. The maximum absolute atomic E-state index is 6.18. The van der Waals surface area contributed by atoms with Gasteiger partial charge in [-0.15, -0.1) is 0 Å². The fourth-order valence-corrected chi connectivity index (χ4v) is 0.0945. The third-order valence-corrected chi connectivity index (χ3v) is 0.272. The molecule has 1 radical (unpaired) electrons. The van der Waals surface area contributed by atoms with Crippen molar-refractivity contribution in [2.45, 2.75) is 0 Å². The van der Waals surface area contributed by atoms with Gasteiger partial charge in [-0.3, -0.25) is 0 Å². The minimum absolute atomic E-state index is 1.23. The molecule has 0 unspecified atom stereocenters. The van der Waals surface area contributed by atoms with E-state index in [9.17, 15) is 0 Å². The molecule has 0 N–H and O–H groups in total. The number of allylic oxidation sites excluding steroid dienone is 1. The van der Waals surface area contributed by atoms with Crippen LogP contribution >= 0.6 is 11.6 Å². The lowest BCUT2D eigenvalue weighted by Crippen LogP contribution is -1.30. The van der Waals surface area contributed by atoms with Gasteiger partial charge < -0.3 is 0 Å². The van der Waals surface area contributed by atoms with E-state index < -0.39 is 0 Å². The summed E-state index contributed by atoms with van der Waals surface area (Å²) in [5, 5.41) is 0. The molecule has 1 heteroatoms. The van der Waals surface area contributed by atoms with E-state index in [1.807, 2.05) is 5.92 Å². The van der Waals surface area contributed by atoms with E-state index in [4.69, 9.17) is 18.0 Å². The monoisotopic (exact) mass is 85.0 g/mol. The molecule has 0 amide bonds. The molecule has 5 heavy (non-hydrogen) atoms. The molecular formula is C4H2Cl. The molecule has 0 heterocycles. The van der Waals surface area contributed by atoms with E-state index in [2.05, 4.69) is 0 Å². The summed E-state index contributed by atoms with van der Waals surface area (Å²) in [6, 6.07) is 0. The molecule has 0 aromatic heterocycles. The van der Waals surface area contributed by atoms with Gasteiger partial charge in [-0.25, -0.2) is 0 Å². The van der Waals surface area contributed by atoms with Crippen LogP contribution in [0.5, 0.6) is 0 Å². The largest absolute Gasteiger partial charge is 0.0923 e. The molecule has 0 nitrogen and oxygen atoms in total. The van der Waals surface area contributed by atoms with Crippen molar-refractivity contribution < 1.29 is 0 Å². The third kappa shape index (κ3) is 3.59. The summed E-state index contributed by atoms with van der Waals surface area (Å²) in [5.41, 5.74) is 1.23. The normalized spacial score (nSPS) is 8.00. The summed E-state index contributed by atoms with van der Waals surface area (Å²) in [7, 11) is 0. The fourth-order valence-electron chi connectivity index (χ4n) is 0.0315. The summed E-state index contributed by atoms with van der Waals surface area (Å²) in [6.07, 6.45) is 7.49. The van der Waals surface area contributed by atoms with Gasteiger partial charge in [0.15, 0.2) is 0 Å². The molecule has 25 valence electrons. The summed E-state index contributed by atoms with van der Waals surface area (Å²) in [6.45, 7) is 0. The zero-order valence-electron chi connectivity index (χ0n) is 2.53. The predicted octanol–water partition coefficient (Wildman–Crippen LogP) is 1.33. The van der Waals surface area contributed by atoms with Crippen molar-refractivity contribution in [3.05, 3.63) is 18.0 Å². The minimum Gasteiger partial charge on any atom is -0.0923 e. The summed E-state index contributed by atoms with van der Waals surface area (Å²) >= 11 is 4.94. The zero-order chi connectivity index (χ0) is 4.12. The molecule has 0 bridgehead atoms. The lowest BCUT2D eigenvalue weighted by atomic mass is 10.7. The van der Waals surface area contributed by atoms with Crippen molar-refractivity contribution in [3.8, 4) is 5.92 Å². The average molecular weight is 85.5 g/mol. The summed E-state index contributed by atoms with van der Waals surface area (Å²) in [4.78, 5) is 0. The van der Waals surface area contributed by atoms with Crippen LogP contribution in [0.2, 0.25) is 0 Å². The number of hydrogen-bond donors (Lipinski definition) is 0. The molecule has 0 aliphatic carbocycles. The van der Waals surface area contributed by atoms with Crippen molar-refractivity contribution in [2.75, 3.05) is 0 Å². The topological polar surface area (TPSA) is 0 Å². The lowest BCUT2D eigenvalue weighted by Gasteiger charge is -1.48. The smallest absolute Gasteiger partial charge is 0.0126 e. The molecule has 0 atom stereocenters. The molecule has 0 aromatic carbocycles.